The number of carbonyl (C=O) groups is 1. The second-order valence-electron chi connectivity index (χ2n) is 7.91. The zero-order valence-corrected chi connectivity index (χ0v) is 22.0. The van der Waals surface area contributed by atoms with E-state index in [1.54, 1.807) is 24.3 Å². The average molecular weight is 541 g/mol. The third-order valence-corrected chi connectivity index (χ3v) is 6.24. The smallest absolute Gasteiger partial charge is 0.210 e. The van der Waals surface area contributed by atoms with Crippen molar-refractivity contribution >= 4 is 24.5 Å². The monoisotopic (exact) mass is 541 g/mol. The lowest BCUT2D eigenvalue weighted by Crippen LogP contribution is -2.18. The number of methoxy groups -OCH3 is 5. The number of rotatable bonds is 10. The summed E-state index contributed by atoms with van der Waals surface area (Å²) in [7, 11) is 1.71. The number of H-pyrrole nitrogens is 1. The van der Waals surface area contributed by atoms with Gasteiger partial charge in [-0.15, -0.1) is 0 Å². The molecule has 0 spiro atoms. The van der Waals surface area contributed by atoms with Crippen LogP contribution in [0.4, 0.5) is 0 Å². The van der Waals surface area contributed by atoms with E-state index in [9.17, 15) is 19.1 Å². The highest BCUT2D eigenvalue weighted by Crippen LogP contribution is 2.45. The molecule has 4 rings (SSSR count). The zero-order chi connectivity index (χ0) is 27.6. The van der Waals surface area contributed by atoms with Crippen LogP contribution in [0.5, 0.6) is 34.5 Å². The van der Waals surface area contributed by atoms with E-state index >= 15 is 0 Å². The molecular formula is C26H24NO10P-2. The molecule has 0 aliphatic heterocycles. The predicted molar refractivity (Wildman–Crippen MR) is 135 cm³/mol. The molecule has 1 aromatic heterocycles. The fraction of sp³-hybridized carbons (Fsp3) is 0.192. The summed E-state index contributed by atoms with van der Waals surface area (Å²) < 4.78 is 42.9. The number of phosphoric acid groups is 1. The van der Waals surface area contributed by atoms with Crippen LogP contribution in [0, 0.1) is 0 Å². The largest absolute Gasteiger partial charge is 0.780 e. The number of ketones is 1. The molecule has 0 unspecified atom stereocenters. The van der Waals surface area contributed by atoms with Gasteiger partial charge in [0.2, 0.25) is 11.5 Å². The Morgan fingerprint density at radius 2 is 1.39 bits per heavy atom. The first kappa shape index (κ1) is 26.9. The van der Waals surface area contributed by atoms with E-state index in [0.717, 1.165) is 0 Å². The lowest BCUT2D eigenvalue weighted by molar-refractivity contribution is -0.333. The molecule has 0 saturated heterocycles. The van der Waals surface area contributed by atoms with E-state index in [4.69, 9.17) is 23.7 Å². The summed E-state index contributed by atoms with van der Waals surface area (Å²) >= 11 is 0. The van der Waals surface area contributed by atoms with Gasteiger partial charge < -0.3 is 47.5 Å². The van der Waals surface area contributed by atoms with Crippen molar-refractivity contribution in [2.24, 2.45) is 0 Å². The maximum atomic E-state index is 14.0. The van der Waals surface area contributed by atoms with Crippen molar-refractivity contribution in [3.8, 4) is 45.6 Å². The minimum Gasteiger partial charge on any atom is -0.780 e. The van der Waals surface area contributed by atoms with Gasteiger partial charge in [-0.05, 0) is 42.0 Å². The molecule has 1 N–H and O–H groups in total. The normalized spacial score (nSPS) is 11.2. The van der Waals surface area contributed by atoms with E-state index in [1.165, 1.54) is 59.8 Å². The van der Waals surface area contributed by atoms with Crippen molar-refractivity contribution in [2.45, 2.75) is 0 Å². The molecule has 0 bridgehead atoms. The molecule has 200 valence electrons. The minimum absolute atomic E-state index is 0.0185. The van der Waals surface area contributed by atoms with Crippen molar-refractivity contribution in [2.75, 3.05) is 35.5 Å². The summed E-state index contributed by atoms with van der Waals surface area (Å²) in [5.41, 5.74) is 1.70. The fourth-order valence-electron chi connectivity index (χ4n) is 4.22. The van der Waals surface area contributed by atoms with Crippen LogP contribution >= 0.6 is 7.82 Å². The molecule has 12 heteroatoms. The van der Waals surface area contributed by atoms with Crippen molar-refractivity contribution < 1.29 is 47.4 Å². The molecule has 0 amide bonds. The SMILES string of the molecule is COc1ccc(-c2c(C(=O)c3cc(OC)c(OC)c(OC)c3)[nH]c3cccc(OC)c23)cc1OP(=O)([O-])[O-]. The second kappa shape index (κ2) is 10.7. The van der Waals surface area contributed by atoms with Crippen LogP contribution in [0.1, 0.15) is 16.1 Å². The van der Waals surface area contributed by atoms with Crippen LogP contribution in [0.2, 0.25) is 0 Å². The van der Waals surface area contributed by atoms with Gasteiger partial charge in [0.1, 0.15) is 13.6 Å². The number of hydrogen-bond acceptors (Lipinski definition) is 10. The Morgan fingerprint density at radius 1 is 0.763 bits per heavy atom. The van der Waals surface area contributed by atoms with E-state index < -0.39 is 13.6 Å². The lowest BCUT2D eigenvalue weighted by atomic mass is 9.96. The van der Waals surface area contributed by atoms with Crippen LogP contribution in [0.3, 0.4) is 0 Å². The Labute approximate surface area is 218 Å². The maximum absolute atomic E-state index is 14.0. The number of fused-ring (bicyclic) bond motifs is 1. The van der Waals surface area contributed by atoms with Crippen LogP contribution in [0.15, 0.2) is 48.5 Å². The Bertz CT molecular complexity index is 1530. The van der Waals surface area contributed by atoms with Gasteiger partial charge >= 0.3 is 0 Å². The van der Waals surface area contributed by atoms with Gasteiger partial charge in [-0.3, -0.25) is 4.79 Å². The van der Waals surface area contributed by atoms with Crippen molar-refractivity contribution in [3.63, 3.8) is 0 Å². The molecular weight excluding hydrogens is 517 g/mol. The fourth-order valence-corrected chi connectivity index (χ4v) is 4.61. The number of nitrogens with one attached hydrogen (secondary N) is 1. The Hall–Kier alpha value is -4.18. The average Bonchev–Trinajstić information content (AvgIpc) is 3.30. The van der Waals surface area contributed by atoms with E-state index in [-0.39, 0.29) is 34.3 Å². The summed E-state index contributed by atoms with van der Waals surface area (Å²) in [4.78, 5) is 39.9. The summed E-state index contributed by atoms with van der Waals surface area (Å²) in [6, 6.07) is 12.6. The Balaban J connectivity index is 2.00. The van der Waals surface area contributed by atoms with E-state index in [2.05, 4.69) is 9.51 Å². The van der Waals surface area contributed by atoms with Gasteiger partial charge in [0.15, 0.2) is 23.0 Å². The summed E-state index contributed by atoms with van der Waals surface area (Å²) in [5.74, 6) is 0.600. The number of phosphoric ester groups is 1. The van der Waals surface area contributed by atoms with E-state index in [0.29, 0.717) is 33.5 Å². The molecule has 0 fully saturated rings. The van der Waals surface area contributed by atoms with Gasteiger partial charge in [0.05, 0.1) is 52.1 Å². The van der Waals surface area contributed by atoms with Crippen molar-refractivity contribution in [1.82, 2.24) is 4.98 Å². The van der Waals surface area contributed by atoms with E-state index in [1.807, 2.05) is 0 Å². The number of ether oxygens (including phenoxy) is 5. The Morgan fingerprint density at radius 3 is 1.95 bits per heavy atom. The molecule has 3 aromatic carbocycles. The topological polar surface area (TPSA) is 151 Å². The quantitative estimate of drug-likeness (QED) is 0.234. The molecule has 11 nitrogen and oxygen atoms in total. The third kappa shape index (κ3) is 4.99. The van der Waals surface area contributed by atoms with Gasteiger partial charge in [-0.2, -0.15) is 0 Å². The van der Waals surface area contributed by atoms with Crippen LogP contribution in [0.25, 0.3) is 22.0 Å². The summed E-state index contributed by atoms with van der Waals surface area (Å²) in [6.07, 6.45) is 0. The molecule has 4 aromatic rings. The first-order valence-electron chi connectivity index (χ1n) is 11.1. The summed E-state index contributed by atoms with van der Waals surface area (Å²) in [6.45, 7) is 0. The van der Waals surface area contributed by atoms with Gasteiger partial charge in [0.25, 0.3) is 0 Å². The van der Waals surface area contributed by atoms with Crippen molar-refractivity contribution in [1.29, 1.82) is 0 Å². The van der Waals surface area contributed by atoms with Crippen molar-refractivity contribution in [3.05, 3.63) is 59.8 Å². The number of carbonyl (C=O) groups excluding carboxylic acids is 1. The van der Waals surface area contributed by atoms with Crippen LogP contribution < -0.4 is 38.0 Å². The first-order valence-corrected chi connectivity index (χ1v) is 12.5. The molecule has 38 heavy (non-hydrogen) atoms. The first-order chi connectivity index (χ1) is 18.1. The highest BCUT2D eigenvalue weighted by Gasteiger charge is 2.26. The third-order valence-electron chi connectivity index (χ3n) is 5.82. The number of benzene rings is 3. The lowest BCUT2D eigenvalue weighted by Gasteiger charge is -2.29. The predicted octanol–water partition coefficient (Wildman–Crippen LogP) is 3.32. The highest BCUT2D eigenvalue weighted by molar-refractivity contribution is 7.43. The minimum atomic E-state index is -5.41. The maximum Gasteiger partial charge on any atom is 0.210 e. The number of aromatic amines is 1. The molecule has 0 aliphatic carbocycles. The molecule has 0 aliphatic rings. The molecule has 1 heterocycles. The number of aromatic nitrogens is 1. The Kier molecular flexibility index (Phi) is 7.54. The summed E-state index contributed by atoms with van der Waals surface area (Å²) in [5, 5.41) is 0.550. The van der Waals surface area contributed by atoms with Crippen LogP contribution in [-0.4, -0.2) is 46.3 Å². The zero-order valence-electron chi connectivity index (χ0n) is 21.1. The molecule has 0 saturated carbocycles. The second-order valence-corrected chi connectivity index (χ2v) is 8.98. The van der Waals surface area contributed by atoms with Gasteiger partial charge in [-0.25, -0.2) is 0 Å². The highest BCUT2D eigenvalue weighted by atomic mass is 31.2. The number of hydrogen-bond donors (Lipinski definition) is 1. The standard InChI is InChI=1S/C26H26NO10P/c1-32-17-10-9-14(11-19(17)37-38(29,30)31)22-23-16(7-6-8-18(23)33-2)27-24(22)25(28)15-12-20(34-3)26(36-5)21(13-15)35-4/h6-13,27H,1-5H3,(H2,29,30,31)/p-2. The van der Waals surface area contributed by atoms with Gasteiger partial charge in [0, 0.05) is 11.1 Å². The molecule has 0 atom stereocenters. The van der Waals surface area contributed by atoms with Crippen LogP contribution in [-0.2, 0) is 4.57 Å². The van der Waals surface area contributed by atoms with Gasteiger partial charge in [-0.1, -0.05) is 12.1 Å². The molecule has 0 radical (unpaired) electrons.